The minimum absolute atomic E-state index is 0.0814. The fourth-order valence-corrected chi connectivity index (χ4v) is 2.87. The molecular weight excluding hydrogens is 344 g/mol. The van der Waals surface area contributed by atoms with E-state index in [4.69, 9.17) is 0 Å². The van der Waals surface area contributed by atoms with Crippen LogP contribution in [-0.4, -0.2) is 11.8 Å². The summed E-state index contributed by atoms with van der Waals surface area (Å²) in [6.07, 6.45) is 0.374. The van der Waals surface area contributed by atoms with E-state index < -0.39 is 0 Å². The van der Waals surface area contributed by atoms with E-state index in [1.54, 1.807) is 4.90 Å². The Kier molecular flexibility index (Phi) is 3.98. The Morgan fingerprint density at radius 1 is 1.23 bits per heavy atom. The molecule has 2 amide bonds. The summed E-state index contributed by atoms with van der Waals surface area (Å²) >= 11 is 3.41. The van der Waals surface area contributed by atoms with E-state index >= 15 is 0 Å². The van der Waals surface area contributed by atoms with Crippen LogP contribution in [0.5, 0.6) is 0 Å². The van der Waals surface area contributed by atoms with E-state index in [0.717, 1.165) is 27.0 Å². The first-order valence-electron chi connectivity index (χ1n) is 6.98. The number of hydrogen-bond acceptors (Lipinski definition) is 2. The summed E-state index contributed by atoms with van der Waals surface area (Å²) in [4.78, 5) is 25.2. The van der Waals surface area contributed by atoms with Crippen molar-refractivity contribution in [3.63, 3.8) is 0 Å². The summed E-state index contributed by atoms with van der Waals surface area (Å²) in [5.74, 6) is -0.0334. The molecule has 1 aliphatic heterocycles. The number of benzene rings is 2. The number of amides is 2. The van der Waals surface area contributed by atoms with Gasteiger partial charge in [-0.25, -0.2) is 0 Å². The standard InChI is InChI=1S/C17H15BrN2O2/c1-11(21)19-15-6-7-16-13(8-15)9-17(22)20(16)10-12-2-4-14(18)5-3-12/h2-8H,9-10H2,1H3,(H,19,21). The lowest BCUT2D eigenvalue weighted by Crippen LogP contribution is -2.25. The van der Waals surface area contributed by atoms with Crippen molar-refractivity contribution in [2.75, 3.05) is 10.2 Å². The van der Waals surface area contributed by atoms with Crippen LogP contribution in [0.25, 0.3) is 0 Å². The van der Waals surface area contributed by atoms with Crippen LogP contribution in [0.4, 0.5) is 11.4 Å². The van der Waals surface area contributed by atoms with E-state index in [2.05, 4.69) is 21.2 Å². The van der Waals surface area contributed by atoms with Crippen LogP contribution in [0, 0.1) is 0 Å². The molecule has 0 fully saturated rings. The first-order chi connectivity index (χ1) is 10.5. The molecule has 2 aromatic carbocycles. The van der Waals surface area contributed by atoms with Crippen molar-refractivity contribution in [3.05, 3.63) is 58.1 Å². The maximum atomic E-state index is 12.3. The lowest BCUT2D eigenvalue weighted by Gasteiger charge is -2.18. The number of fused-ring (bicyclic) bond motifs is 1. The van der Waals surface area contributed by atoms with Gasteiger partial charge >= 0.3 is 0 Å². The zero-order valence-corrected chi connectivity index (χ0v) is 13.7. The van der Waals surface area contributed by atoms with Gasteiger partial charge in [-0.1, -0.05) is 28.1 Å². The Bertz CT molecular complexity index is 741. The van der Waals surface area contributed by atoms with Gasteiger partial charge in [-0.3, -0.25) is 9.59 Å². The van der Waals surface area contributed by atoms with Gasteiger partial charge < -0.3 is 10.2 Å². The lowest BCUT2D eigenvalue weighted by molar-refractivity contribution is -0.117. The van der Waals surface area contributed by atoms with E-state index in [1.165, 1.54) is 6.92 Å². The Morgan fingerprint density at radius 2 is 1.95 bits per heavy atom. The van der Waals surface area contributed by atoms with E-state index in [0.29, 0.717) is 13.0 Å². The molecule has 0 bridgehead atoms. The van der Waals surface area contributed by atoms with Gasteiger partial charge in [-0.15, -0.1) is 0 Å². The number of halogens is 1. The van der Waals surface area contributed by atoms with Gasteiger partial charge in [0.05, 0.1) is 13.0 Å². The SMILES string of the molecule is CC(=O)Nc1ccc2c(c1)CC(=O)N2Cc1ccc(Br)cc1. The molecule has 112 valence electrons. The number of carbonyl (C=O) groups is 2. The number of rotatable bonds is 3. The Morgan fingerprint density at radius 3 is 2.64 bits per heavy atom. The molecule has 3 rings (SSSR count). The molecule has 0 saturated carbocycles. The number of hydrogen-bond donors (Lipinski definition) is 1. The van der Waals surface area contributed by atoms with Gasteiger partial charge in [0.25, 0.3) is 0 Å². The van der Waals surface area contributed by atoms with Crippen molar-refractivity contribution in [2.24, 2.45) is 0 Å². The Labute approximate surface area is 137 Å². The zero-order chi connectivity index (χ0) is 15.7. The summed E-state index contributed by atoms with van der Waals surface area (Å²) in [5, 5.41) is 2.75. The number of anilines is 2. The molecule has 2 aromatic rings. The highest BCUT2D eigenvalue weighted by Gasteiger charge is 2.27. The minimum atomic E-state index is -0.115. The molecule has 1 N–H and O–H groups in total. The van der Waals surface area contributed by atoms with Crippen LogP contribution < -0.4 is 10.2 Å². The van der Waals surface area contributed by atoms with Gasteiger partial charge in [0, 0.05) is 22.8 Å². The second-order valence-corrected chi connectivity index (χ2v) is 6.22. The summed E-state index contributed by atoms with van der Waals surface area (Å²) in [5.41, 5.74) is 3.68. The average Bonchev–Trinajstić information content (AvgIpc) is 2.76. The molecular formula is C17H15BrN2O2. The van der Waals surface area contributed by atoms with Gasteiger partial charge in [-0.05, 0) is 41.5 Å². The molecule has 0 spiro atoms. The molecule has 5 heteroatoms. The first kappa shape index (κ1) is 14.8. The lowest BCUT2D eigenvalue weighted by atomic mass is 10.1. The number of nitrogens with zero attached hydrogens (tertiary/aromatic N) is 1. The van der Waals surface area contributed by atoms with Crippen molar-refractivity contribution in [1.82, 2.24) is 0 Å². The number of carbonyl (C=O) groups excluding carboxylic acids is 2. The molecule has 1 aliphatic rings. The third kappa shape index (κ3) is 3.04. The molecule has 4 nitrogen and oxygen atoms in total. The predicted octanol–water partition coefficient (Wildman–Crippen LogP) is 3.50. The molecule has 1 heterocycles. The summed E-state index contributed by atoms with van der Waals surface area (Å²) < 4.78 is 1.02. The highest BCUT2D eigenvalue weighted by atomic mass is 79.9. The summed E-state index contributed by atoms with van der Waals surface area (Å²) in [6.45, 7) is 2.02. The monoisotopic (exact) mass is 358 g/mol. The fraction of sp³-hybridized carbons (Fsp3) is 0.176. The summed E-state index contributed by atoms with van der Waals surface area (Å²) in [6, 6.07) is 13.5. The zero-order valence-electron chi connectivity index (χ0n) is 12.1. The van der Waals surface area contributed by atoms with E-state index in [1.807, 2.05) is 42.5 Å². The van der Waals surface area contributed by atoms with Crippen molar-refractivity contribution < 1.29 is 9.59 Å². The highest BCUT2D eigenvalue weighted by Crippen LogP contribution is 2.32. The second-order valence-electron chi connectivity index (χ2n) is 5.31. The molecule has 0 radical (unpaired) electrons. The molecule has 0 aromatic heterocycles. The van der Waals surface area contributed by atoms with E-state index in [-0.39, 0.29) is 11.8 Å². The van der Waals surface area contributed by atoms with Crippen LogP contribution in [0.2, 0.25) is 0 Å². The average molecular weight is 359 g/mol. The molecule has 0 unspecified atom stereocenters. The highest BCUT2D eigenvalue weighted by molar-refractivity contribution is 9.10. The van der Waals surface area contributed by atoms with Gasteiger partial charge in [0.1, 0.15) is 0 Å². The van der Waals surface area contributed by atoms with E-state index in [9.17, 15) is 9.59 Å². The predicted molar refractivity (Wildman–Crippen MR) is 89.8 cm³/mol. The Hall–Kier alpha value is -2.14. The maximum Gasteiger partial charge on any atom is 0.231 e. The topological polar surface area (TPSA) is 49.4 Å². The normalized spacial score (nSPS) is 13.2. The third-order valence-electron chi connectivity index (χ3n) is 3.59. The fourth-order valence-electron chi connectivity index (χ4n) is 2.61. The van der Waals surface area contributed by atoms with Crippen LogP contribution in [0.1, 0.15) is 18.1 Å². The minimum Gasteiger partial charge on any atom is -0.326 e. The third-order valence-corrected chi connectivity index (χ3v) is 4.12. The molecule has 0 saturated heterocycles. The Balaban J connectivity index is 1.85. The summed E-state index contributed by atoms with van der Waals surface area (Å²) in [7, 11) is 0. The van der Waals surface area contributed by atoms with Gasteiger partial charge in [0.2, 0.25) is 11.8 Å². The van der Waals surface area contributed by atoms with Crippen LogP contribution >= 0.6 is 15.9 Å². The van der Waals surface area contributed by atoms with Gasteiger partial charge in [0.15, 0.2) is 0 Å². The molecule has 0 aliphatic carbocycles. The molecule has 0 atom stereocenters. The first-order valence-corrected chi connectivity index (χ1v) is 7.77. The number of nitrogens with one attached hydrogen (secondary N) is 1. The van der Waals surface area contributed by atoms with Crippen molar-refractivity contribution >= 4 is 39.1 Å². The van der Waals surface area contributed by atoms with Crippen molar-refractivity contribution in [1.29, 1.82) is 0 Å². The van der Waals surface area contributed by atoms with Gasteiger partial charge in [-0.2, -0.15) is 0 Å². The maximum absolute atomic E-state index is 12.3. The van der Waals surface area contributed by atoms with Crippen LogP contribution in [-0.2, 0) is 22.6 Å². The van der Waals surface area contributed by atoms with Crippen LogP contribution in [0.15, 0.2) is 46.9 Å². The quantitative estimate of drug-likeness (QED) is 0.912. The van der Waals surface area contributed by atoms with Crippen LogP contribution in [0.3, 0.4) is 0 Å². The second kappa shape index (κ2) is 5.93. The van der Waals surface area contributed by atoms with Crippen molar-refractivity contribution in [2.45, 2.75) is 19.9 Å². The largest absolute Gasteiger partial charge is 0.326 e. The smallest absolute Gasteiger partial charge is 0.231 e. The van der Waals surface area contributed by atoms with Crippen molar-refractivity contribution in [3.8, 4) is 0 Å². The molecule has 22 heavy (non-hydrogen) atoms.